The summed E-state index contributed by atoms with van der Waals surface area (Å²) in [5.41, 5.74) is 1.00. The van der Waals surface area contributed by atoms with Crippen LogP contribution in [0.15, 0.2) is 23.7 Å². The highest BCUT2D eigenvalue weighted by Crippen LogP contribution is 2.11. The van der Waals surface area contributed by atoms with E-state index in [-0.39, 0.29) is 0 Å². The predicted octanol–water partition coefficient (Wildman–Crippen LogP) is 2.36. The van der Waals surface area contributed by atoms with Crippen LogP contribution >= 0.6 is 11.3 Å². The van der Waals surface area contributed by atoms with Gasteiger partial charge >= 0.3 is 0 Å². The Morgan fingerprint density at radius 2 is 2.29 bits per heavy atom. The van der Waals surface area contributed by atoms with Gasteiger partial charge in [-0.25, -0.2) is 0 Å². The molecule has 0 fully saturated rings. The molecule has 0 unspecified atom stereocenters. The van der Waals surface area contributed by atoms with Gasteiger partial charge in [0.05, 0.1) is 12.2 Å². The van der Waals surface area contributed by atoms with Gasteiger partial charge in [-0.3, -0.25) is 9.58 Å². The molecule has 0 aliphatic heterocycles. The molecule has 0 radical (unpaired) electrons. The molecule has 5 nitrogen and oxygen atoms in total. The minimum atomic E-state index is 0.469. The lowest BCUT2D eigenvalue weighted by atomic mass is 10.3. The fraction of sp³-hybridized carbons (Fsp3) is 0.600. The standard InChI is InChI=1S/C15H25N5S/c1-4-19(12-15-6-5-9-21-15)7-8-20-11-14(17-18-20)10-16-13(2)3/h5-6,9,11,13,16H,4,7-8,10,12H2,1-3H3. The molecule has 116 valence electrons. The van der Waals surface area contributed by atoms with Crippen molar-refractivity contribution in [2.24, 2.45) is 0 Å². The average Bonchev–Trinajstić information content (AvgIpc) is 3.12. The van der Waals surface area contributed by atoms with Gasteiger partial charge in [0.25, 0.3) is 0 Å². The van der Waals surface area contributed by atoms with Crippen molar-refractivity contribution in [3.8, 4) is 0 Å². The molecule has 2 aromatic rings. The number of nitrogens with zero attached hydrogens (tertiary/aromatic N) is 4. The van der Waals surface area contributed by atoms with Crippen molar-refractivity contribution >= 4 is 11.3 Å². The van der Waals surface area contributed by atoms with Crippen molar-refractivity contribution in [2.75, 3.05) is 13.1 Å². The van der Waals surface area contributed by atoms with Crippen LogP contribution in [0.2, 0.25) is 0 Å². The van der Waals surface area contributed by atoms with E-state index in [2.05, 4.69) is 58.8 Å². The van der Waals surface area contributed by atoms with Crippen LogP contribution in [0.3, 0.4) is 0 Å². The van der Waals surface area contributed by atoms with Crippen LogP contribution in [-0.4, -0.2) is 39.0 Å². The molecule has 0 saturated carbocycles. The minimum absolute atomic E-state index is 0.469. The quantitative estimate of drug-likeness (QED) is 0.772. The monoisotopic (exact) mass is 307 g/mol. The molecule has 0 aromatic carbocycles. The summed E-state index contributed by atoms with van der Waals surface area (Å²) < 4.78 is 1.94. The number of rotatable bonds is 9. The summed E-state index contributed by atoms with van der Waals surface area (Å²) in [5.74, 6) is 0. The second-order valence-electron chi connectivity index (χ2n) is 5.46. The number of hydrogen-bond donors (Lipinski definition) is 1. The summed E-state index contributed by atoms with van der Waals surface area (Å²) in [7, 11) is 0. The Hall–Kier alpha value is -1.24. The third-order valence-corrected chi connectivity index (χ3v) is 4.19. The highest BCUT2D eigenvalue weighted by molar-refractivity contribution is 7.09. The van der Waals surface area contributed by atoms with E-state index in [4.69, 9.17) is 0 Å². The van der Waals surface area contributed by atoms with Gasteiger partial charge in [-0.1, -0.05) is 32.1 Å². The zero-order valence-electron chi connectivity index (χ0n) is 13.1. The van der Waals surface area contributed by atoms with Gasteiger partial charge in [-0.15, -0.1) is 16.4 Å². The minimum Gasteiger partial charge on any atom is -0.309 e. The van der Waals surface area contributed by atoms with Crippen LogP contribution in [0.1, 0.15) is 31.3 Å². The third kappa shape index (κ3) is 5.57. The topological polar surface area (TPSA) is 46.0 Å². The second-order valence-corrected chi connectivity index (χ2v) is 6.49. The maximum Gasteiger partial charge on any atom is 0.0964 e. The molecule has 2 rings (SSSR count). The number of likely N-dealkylation sites (N-methyl/N-ethyl adjacent to an activating group) is 1. The molecule has 0 aliphatic rings. The first kappa shape index (κ1) is 16.1. The lowest BCUT2D eigenvalue weighted by Gasteiger charge is -2.19. The maximum atomic E-state index is 4.20. The molecule has 0 bridgehead atoms. The average molecular weight is 307 g/mol. The Morgan fingerprint density at radius 3 is 2.95 bits per heavy atom. The molecule has 0 saturated heterocycles. The molecular weight excluding hydrogens is 282 g/mol. The van der Waals surface area contributed by atoms with Crippen LogP contribution < -0.4 is 5.32 Å². The Bertz CT molecular complexity index is 506. The van der Waals surface area contributed by atoms with E-state index in [0.29, 0.717) is 6.04 Å². The zero-order valence-corrected chi connectivity index (χ0v) is 13.9. The molecule has 21 heavy (non-hydrogen) atoms. The Morgan fingerprint density at radius 1 is 1.43 bits per heavy atom. The molecule has 1 N–H and O–H groups in total. The summed E-state index contributed by atoms with van der Waals surface area (Å²) in [4.78, 5) is 3.84. The van der Waals surface area contributed by atoms with Crippen molar-refractivity contribution in [3.05, 3.63) is 34.3 Å². The highest BCUT2D eigenvalue weighted by Gasteiger charge is 2.06. The summed E-state index contributed by atoms with van der Waals surface area (Å²) in [6.45, 7) is 11.2. The van der Waals surface area contributed by atoms with E-state index < -0.39 is 0 Å². The molecule has 0 atom stereocenters. The second kappa shape index (κ2) is 8.26. The Labute approximate surface area is 131 Å². The first-order chi connectivity index (χ1) is 10.2. The van der Waals surface area contributed by atoms with Gasteiger partial charge in [-0.05, 0) is 18.0 Å². The molecule has 6 heteroatoms. The van der Waals surface area contributed by atoms with Gasteiger partial charge in [0.1, 0.15) is 0 Å². The third-order valence-electron chi connectivity index (χ3n) is 3.33. The number of hydrogen-bond acceptors (Lipinski definition) is 5. The van der Waals surface area contributed by atoms with E-state index in [1.165, 1.54) is 4.88 Å². The normalized spacial score (nSPS) is 11.7. The van der Waals surface area contributed by atoms with E-state index in [1.54, 1.807) is 0 Å². The summed E-state index contributed by atoms with van der Waals surface area (Å²) in [6, 6.07) is 4.77. The van der Waals surface area contributed by atoms with Gasteiger partial charge in [0.15, 0.2) is 0 Å². The summed E-state index contributed by atoms with van der Waals surface area (Å²) >= 11 is 1.82. The molecule has 2 aromatic heterocycles. The van der Waals surface area contributed by atoms with Crippen molar-refractivity contribution in [1.29, 1.82) is 0 Å². The largest absolute Gasteiger partial charge is 0.309 e. The zero-order chi connectivity index (χ0) is 15.1. The summed E-state index contributed by atoms with van der Waals surface area (Å²) in [5, 5.41) is 13.9. The lowest BCUT2D eigenvalue weighted by molar-refractivity contribution is 0.264. The highest BCUT2D eigenvalue weighted by atomic mass is 32.1. The smallest absolute Gasteiger partial charge is 0.0964 e. The number of nitrogens with one attached hydrogen (secondary N) is 1. The van der Waals surface area contributed by atoms with Crippen molar-refractivity contribution in [1.82, 2.24) is 25.2 Å². The molecule has 0 aliphatic carbocycles. The first-order valence-corrected chi connectivity index (χ1v) is 8.42. The SMILES string of the molecule is CCN(CCn1cc(CNC(C)C)nn1)Cc1cccs1. The molecule has 2 heterocycles. The Balaban J connectivity index is 1.78. The van der Waals surface area contributed by atoms with E-state index >= 15 is 0 Å². The van der Waals surface area contributed by atoms with Crippen molar-refractivity contribution < 1.29 is 0 Å². The van der Waals surface area contributed by atoms with Crippen LogP contribution in [0.5, 0.6) is 0 Å². The van der Waals surface area contributed by atoms with E-state index in [1.807, 2.05) is 22.2 Å². The lowest BCUT2D eigenvalue weighted by Crippen LogP contribution is -2.26. The van der Waals surface area contributed by atoms with Crippen molar-refractivity contribution in [2.45, 2.75) is 46.4 Å². The Kier molecular flexibility index (Phi) is 6.35. The molecular formula is C15H25N5S. The van der Waals surface area contributed by atoms with Gasteiger partial charge < -0.3 is 5.32 Å². The van der Waals surface area contributed by atoms with Gasteiger partial charge in [0.2, 0.25) is 0 Å². The fourth-order valence-electron chi connectivity index (χ4n) is 2.05. The van der Waals surface area contributed by atoms with Gasteiger partial charge in [0, 0.05) is 36.8 Å². The van der Waals surface area contributed by atoms with Crippen LogP contribution in [0.4, 0.5) is 0 Å². The van der Waals surface area contributed by atoms with E-state index in [9.17, 15) is 0 Å². The van der Waals surface area contributed by atoms with Crippen molar-refractivity contribution in [3.63, 3.8) is 0 Å². The maximum absolute atomic E-state index is 4.20. The molecule has 0 amide bonds. The van der Waals surface area contributed by atoms with Gasteiger partial charge in [-0.2, -0.15) is 0 Å². The van der Waals surface area contributed by atoms with Crippen LogP contribution in [0, 0.1) is 0 Å². The molecule has 0 spiro atoms. The number of aromatic nitrogens is 3. The van der Waals surface area contributed by atoms with Crippen LogP contribution in [0.25, 0.3) is 0 Å². The first-order valence-electron chi connectivity index (χ1n) is 7.54. The van der Waals surface area contributed by atoms with Crippen LogP contribution in [-0.2, 0) is 19.6 Å². The fourth-order valence-corrected chi connectivity index (χ4v) is 2.80. The predicted molar refractivity (Wildman–Crippen MR) is 87.3 cm³/mol. The van der Waals surface area contributed by atoms with E-state index in [0.717, 1.165) is 38.4 Å². The summed E-state index contributed by atoms with van der Waals surface area (Å²) in [6.07, 6.45) is 2.04. The number of thiophene rings is 1.